The molecular formula is C16H21F2N3. The van der Waals surface area contributed by atoms with Gasteiger partial charge in [0, 0.05) is 30.3 Å². The highest BCUT2D eigenvalue weighted by Crippen LogP contribution is 2.22. The smallest absolute Gasteiger partial charge is 0.163 e. The summed E-state index contributed by atoms with van der Waals surface area (Å²) in [7, 11) is 0. The number of aromatic nitrogens is 2. The van der Waals surface area contributed by atoms with E-state index in [-0.39, 0.29) is 12.1 Å². The number of nitrogens with one attached hydrogen (secondary N) is 1. The van der Waals surface area contributed by atoms with Gasteiger partial charge in [0.2, 0.25) is 0 Å². The zero-order valence-electron chi connectivity index (χ0n) is 12.6. The molecule has 2 rings (SSSR count). The Morgan fingerprint density at radius 2 is 2.00 bits per heavy atom. The molecule has 0 saturated heterocycles. The molecule has 0 aliphatic heterocycles. The Balaban J connectivity index is 2.24. The summed E-state index contributed by atoms with van der Waals surface area (Å²) in [5, 5.41) is 7.67. The lowest BCUT2D eigenvalue weighted by molar-refractivity contribution is 0.459. The first-order chi connectivity index (χ1) is 10.0. The van der Waals surface area contributed by atoms with Crippen molar-refractivity contribution in [3.8, 4) is 0 Å². The minimum absolute atomic E-state index is 0.280. The predicted octanol–water partition coefficient (Wildman–Crippen LogP) is 3.64. The molecule has 1 heterocycles. The van der Waals surface area contributed by atoms with E-state index in [1.54, 1.807) is 6.07 Å². The molecule has 1 N–H and O–H groups in total. The molecule has 0 amide bonds. The molecular weight excluding hydrogens is 272 g/mol. The van der Waals surface area contributed by atoms with Gasteiger partial charge < -0.3 is 5.32 Å². The van der Waals surface area contributed by atoms with Gasteiger partial charge in [-0.05, 0) is 32.5 Å². The summed E-state index contributed by atoms with van der Waals surface area (Å²) in [6.07, 6.45) is 2.43. The van der Waals surface area contributed by atoms with Crippen LogP contribution in [-0.2, 0) is 6.42 Å². The van der Waals surface area contributed by atoms with E-state index >= 15 is 0 Å². The predicted molar refractivity (Wildman–Crippen MR) is 79.1 cm³/mol. The van der Waals surface area contributed by atoms with E-state index in [1.165, 1.54) is 6.07 Å². The third-order valence-corrected chi connectivity index (χ3v) is 3.41. The summed E-state index contributed by atoms with van der Waals surface area (Å²) in [6, 6.07) is 6.19. The van der Waals surface area contributed by atoms with Crippen molar-refractivity contribution in [1.29, 1.82) is 0 Å². The van der Waals surface area contributed by atoms with Gasteiger partial charge >= 0.3 is 0 Å². The Bertz CT molecular complexity index is 593. The summed E-state index contributed by atoms with van der Waals surface area (Å²) < 4.78 is 29.2. The van der Waals surface area contributed by atoms with Crippen LogP contribution in [0, 0.1) is 11.6 Å². The van der Waals surface area contributed by atoms with Gasteiger partial charge in [0.1, 0.15) is 0 Å². The van der Waals surface area contributed by atoms with Crippen LogP contribution >= 0.6 is 0 Å². The van der Waals surface area contributed by atoms with Crippen LogP contribution in [-0.4, -0.2) is 16.3 Å². The van der Waals surface area contributed by atoms with Crippen LogP contribution < -0.4 is 5.32 Å². The molecule has 114 valence electrons. The van der Waals surface area contributed by atoms with Crippen molar-refractivity contribution >= 4 is 0 Å². The first kappa shape index (κ1) is 15.6. The molecule has 1 aromatic heterocycles. The Morgan fingerprint density at radius 3 is 2.62 bits per heavy atom. The van der Waals surface area contributed by atoms with Gasteiger partial charge in [-0.25, -0.2) is 8.78 Å². The molecule has 0 bridgehead atoms. The summed E-state index contributed by atoms with van der Waals surface area (Å²) in [4.78, 5) is 0. The average molecular weight is 293 g/mol. The van der Waals surface area contributed by atoms with Crippen molar-refractivity contribution in [2.75, 3.05) is 6.54 Å². The topological polar surface area (TPSA) is 29.9 Å². The lowest BCUT2D eigenvalue weighted by atomic mass is 10.0. The van der Waals surface area contributed by atoms with Gasteiger partial charge in [-0.1, -0.05) is 19.1 Å². The molecule has 1 aromatic carbocycles. The molecule has 0 fully saturated rings. The second-order valence-electron chi connectivity index (χ2n) is 5.34. The maximum atomic E-state index is 14.0. The van der Waals surface area contributed by atoms with Crippen molar-refractivity contribution in [2.45, 2.75) is 39.3 Å². The van der Waals surface area contributed by atoms with Crippen molar-refractivity contribution in [3.63, 3.8) is 0 Å². The van der Waals surface area contributed by atoms with Crippen molar-refractivity contribution in [3.05, 3.63) is 53.4 Å². The molecule has 21 heavy (non-hydrogen) atoms. The maximum Gasteiger partial charge on any atom is 0.163 e. The first-order valence-electron chi connectivity index (χ1n) is 7.24. The number of likely N-dealkylation sites (N-methyl/N-ethyl adjacent to an activating group) is 1. The molecule has 0 radical (unpaired) electrons. The molecule has 0 saturated carbocycles. The summed E-state index contributed by atoms with van der Waals surface area (Å²) in [6.45, 7) is 6.71. The first-order valence-corrected chi connectivity index (χ1v) is 7.24. The van der Waals surface area contributed by atoms with Crippen molar-refractivity contribution in [2.24, 2.45) is 0 Å². The van der Waals surface area contributed by atoms with Gasteiger partial charge in [0.05, 0.1) is 5.69 Å². The minimum atomic E-state index is -0.817. The van der Waals surface area contributed by atoms with Crippen LogP contribution in [0.2, 0.25) is 0 Å². The van der Waals surface area contributed by atoms with Crippen LogP contribution in [0.25, 0.3) is 0 Å². The molecule has 5 heteroatoms. The molecule has 2 aromatic rings. The average Bonchev–Trinajstić information content (AvgIpc) is 2.90. The monoisotopic (exact) mass is 293 g/mol. The van der Waals surface area contributed by atoms with Gasteiger partial charge in [-0.3, -0.25) is 4.68 Å². The highest BCUT2D eigenvalue weighted by Gasteiger charge is 2.19. The van der Waals surface area contributed by atoms with E-state index in [2.05, 4.69) is 10.4 Å². The quantitative estimate of drug-likeness (QED) is 0.881. The second kappa shape index (κ2) is 6.80. The largest absolute Gasteiger partial charge is 0.310 e. The van der Waals surface area contributed by atoms with Crippen LogP contribution in [0.1, 0.15) is 44.1 Å². The summed E-state index contributed by atoms with van der Waals surface area (Å²) in [5.74, 6) is -1.60. The highest BCUT2D eigenvalue weighted by atomic mass is 19.2. The highest BCUT2D eigenvalue weighted by molar-refractivity contribution is 5.24. The van der Waals surface area contributed by atoms with E-state index < -0.39 is 11.6 Å². The Labute approximate surface area is 124 Å². The summed E-state index contributed by atoms with van der Waals surface area (Å²) in [5.41, 5.74) is 1.20. The molecule has 3 nitrogen and oxygen atoms in total. The number of halogens is 2. The number of benzene rings is 1. The van der Waals surface area contributed by atoms with Gasteiger partial charge in [0.25, 0.3) is 0 Å². The molecule has 1 unspecified atom stereocenters. The van der Waals surface area contributed by atoms with Gasteiger partial charge in [-0.2, -0.15) is 5.10 Å². The lowest BCUT2D eigenvalue weighted by Gasteiger charge is -2.18. The van der Waals surface area contributed by atoms with Gasteiger partial charge in [0.15, 0.2) is 11.6 Å². The van der Waals surface area contributed by atoms with Crippen LogP contribution in [0.15, 0.2) is 30.5 Å². The van der Waals surface area contributed by atoms with E-state index in [9.17, 15) is 8.78 Å². The Kier molecular flexibility index (Phi) is 5.07. The number of hydrogen-bond acceptors (Lipinski definition) is 2. The second-order valence-corrected chi connectivity index (χ2v) is 5.34. The van der Waals surface area contributed by atoms with E-state index in [4.69, 9.17) is 0 Å². The number of hydrogen-bond donors (Lipinski definition) is 1. The number of rotatable bonds is 6. The number of nitrogens with zero attached hydrogens (tertiary/aromatic N) is 2. The van der Waals surface area contributed by atoms with Crippen LogP contribution in [0.3, 0.4) is 0 Å². The maximum absolute atomic E-state index is 14.0. The van der Waals surface area contributed by atoms with E-state index in [0.717, 1.165) is 11.8 Å². The normalized spacial score (nSPS) is 12.9. The standard InChI is InChI=1S/C16H21F2N3/c1-4-19-15(13-6-5-7-14(17)16(13)18)10-12-8-9-21(20-12)11(2)3/h5-9,11,15,19H,4,10H2,1-3H3. The van der Waals surface area contributed by atoms with Gasteiger partial charge in [-0.15, -0.1) is 0 Å². The fourth-order valence-electron chi connectivity index (χ4n) is 2.31. The molecule has 0 aliphatic carbocycles. The third-order valence-electron chi connectivity index (χ3n) is 3.41. The lowest BCUT2D eigenvalue weighted by Crippen LogP contribution is -2.24. The Morgan fingerprint density at radius 1 is 1.24 bits per heavy atom. The summed E-state index contributed by atoms with van der Waals surface area (Å²) >= 11 is 0. The fourth-order valence-corrected chi connectivity index (χ4v) is 2.31. The van der Waals surface area contributed by atoms with Crippen LogP contribution in [0.4, 0.5) is 8.78 Å². The van der Waals surface area contributed by atoms with Crippen molar-refractivity contribution < 1.29 is 8.78 Å². The zero-order valence-corrected chi connectivity index (χ0v) is 12.6. The molecule has 1 atom stereocenters. The van der Waals surface area contributed by atoms with E-state index in [0.29, 0.717) is 18.5 Å². The molecule has 0 spiro atoms. The zero-order chi connectivity index (χ0) is 15.4. The minimum Gasteiger partial charge on any atom is -0.310 e. The molecule has 0 aliphatic rings. The third kappa shape index (κ3) is 3.67. The fraction of sp³-hybridized carbons (Fsp3) is 0.438. The Hall–Kier alpha value is -1.75. The van der Waals surface area contributed by atoms with E-state index in [1.807, 2.05) is 37.7 Å². The van der Waals surface area contributed by atoms with Crippen molar-refractivity contribution in [1.82, 2.24) is 15.1 Å². The van der Waals surface area contributed by atoms with Crippen LogP contribution in [0.5, 0.6) is 0 Å². The SMILES string of the molecule is CCNC(Cc1ccn(C(C)C)n1)c1cccc(F)c1F.